The van der Waals surface area contributed by atoms with Crippen LogP contribution < -0.4 is 5.32 Å². The van der Waals surface area contributed by atoms with Gasteiger partial charge in [-0.15, -0.1) is 0 Å². The summed E-state index contributed by atoms with van der Waals surface area (Å²) in [6, 6.07) is 2.89. The minimum absolute atomic E-state index is 0.0873. The molecule has 0 fully saturated rings. The third-order valence-electron chi connectivity index (χ3n) is 2.27. The predicted octanol–water partition coefficient (Wildman–Crippen LogP) is 1.51. The number of anilines is 1. The minimum Gasteiger partial charge on any atom is -0.319 e. The van der Waals surface area contributed by atoms with E-state index in [0.717, 1.165) is 0 Å². The van der Waals surface area contributed by atoms with Crippen LogP contribution in [-0.4, -0.2) is 20.7 Å². The van der Waals surface area contributed by atoms with E-state index in [1.54, 1.807) is 24.9 Å². The number of amides is 1. The van der Waals surface area contributed by atoms with Crippen molar-refractivity contribution in [2.75, 3.05) is 5.32 Å². The van der Waals surface area contributed by atoms with Gasteiger partial charge in [-0.1, -0.05) is 0 Å². The van der Waals surface area contributed by atoms with Gasteiger partial charge >= 0.3 is 0 Å². The highest BCUT2D eigenvalue weighted by Crippen LogP contribution is 2.13. The Labute approximate surface area is 97.3 Å². The van der Waals surface area contributed by atoms with Crippen molar-refractivity contribution < 1.29 is 9.18 Å². The molecule has 17 heavy (non-hydrogen) atoms. The lowest BCUT2D eigenvalue weighted by Gasteiger charge is -2.03. The first-order valence-electron chi connectivity index (χ1n) is 5.00. The standard InChI is InChI=1S/C11H11FN4O/c1-7-9(6-16(2)15-7)14-11(17)8-4-3-5-13-10(8)12/h3-6H,1-2H3,(H,14,17). The van der Waals surface area contributed by atoms with E-state index in [-0.39, 0.29) is 5.56 Å². The highest BCUT2D eigenvalue weighted by Gasteiger charge is 2.14. The second kappa shape index (κ2) is 4.32. The Hall–Kier alpha value is -2.24. The quantitative estimate of drug-likeness (QED) is 0.801. The number of carbonyl (C=O) groups is 1. The van der Waals surface area contributed by atoms with Crippen molar-refractivity contribution in [2.24, 2.45) is 7.05 Å². The second-order valence-corrected chi connectivity index (χ2v) is 3.60. The summed E-state index contributed by atoms with van der Waals surface area (Å²) in [6.07, 6.45) is 2.95. The molecular formula is C11H11FN4O. The van der Waals surface area contributed by atoms with Crippen LogP contribution in [0, 0.1) is 12.9 Å². The SMILES string of the molecule is Cc1nn(C)cc1NC(=O)c1cccnc1F. The molecule has 0 unspecified atom stereocenters. The summed E-state index contributed by atoms with van der Waals surface area (Å²) >= 11 is 0. The number of aryl methyl sites for hydroxylation is 2. The Morgan fingerprint density at radius 1 is 1.53 bits per heavy atom. The number of pyridine rings is 1. The van der Waals surface area contributed by atoms with E-state index >= 15 is 0 Å². The summed E-state index contributed by atoms with van der Waals surface area (Å²) in [4.78, 5) is 15.2. The molecule has 0 spiro atoms. The van der Waals surface area contributed by atoms with Gasteiger partial charge in [0.15, 0.2) is 0 Å². The van der Waals surface area contributed by atoms with Gasteiger partial charge in [0.25, 0.3) is 5.91 Å². The maximum atomic E-state index is 13.3. The summed E-state index contributed by atoms with van der Waals surface area (Å²) < 4.78 is 14.8. The summed E-state index contributed by atoms with van der Waals surface area (Å²) in [7, 11) is 1.74. The molecule has 6 heteroatoms. The molecule has 1 amide bonds. The van der Waals surface area contributed by atoms with Crippen molar-refractivity contribution >= 4 is 11.6 Å². The van der Waals surface area contributed by atoms with Crippen LogP contribution in [0.1, 0.15) is 16.1 Å². The zero-order valence-corrected chi connectivity index (χ0v) is 9.44. The normalized spacial score (nSPS) is 10.3. The number of hydrogen-bond acceptors (Lipinski definition) is 3. The number of halogens is 1. The topological polar surface area (TPSA) is 59.8 Å². The van der Waals surface area contributed by atoms with Crippen molar-refractivity contribution in [2.45, 2.75) is 6.92 Å². The first-order valence-corrected chi connectivity index (χ1v) is 5.00. The largest absolute Gasteiger partial charge is 0.319 e. The first-order chi connectivity index (χ1) is 8.08. The maximum absolute atomic E-state index is 13.3. The van der Waals surface area contributed by atoms with Crippen LogP contribution in [0.5, 0.6) is 0 Å². The lowest BCUT2D eigenvalue weighted by molar-refractivity contribution is 0.102. The molecule has 0 aromatic carbocycles. The van der Waals surface area contributed by atoms with Gasteiger partial charge in [-0.3, -0.25) is 9.48 Å². The van der Waals surface area contributed by atoms with E-state index in [0.29, 0.717) is 11.4 Å². The highest BCUT2D eigenvalue weighted by atomic mass is 19.1. The molecule has 1 N–H and O–H groups in total. The molecule has 88 valence electrons. The van der Waals surface area contributed by atoms with Crippen LogP contribution in [-0.2, 0) is 7.05 Å². The summed E-state index contributed by atoms with van der Waals surface area (Å²) in [5, 5.41) is 6.66. The number of nitrogens with one attached hydrogen (secondary N) is 1. The Balaban J connectivity index is 2.23. The fourth-order valence-electron chi connectivity index (χ4n) is 1.47. The summed E-state index contributed by atoms with van der Waals surface area (Å²) in [6.45, 7) is 1.76. The Morgan fingerprint density at radius 2 is 2.29 bits per heavy atom. The lowest BCUT2D eigenvalue weighted by atomic mass is 10.2. The molecule has 0 aliphatic carbocycles. The van der Waals surface area contributed by atoms with Crippen molar-refractivity contribution in [3.63, 3.8) is 0 Å². The molecule has 2 rings (SSSR count). The average molecular weight is 234 g/mol. The smallest absolute Gasteiger partial charge is 0.260 e. The van der Waals surface area contributed by atoms with Crippen LogP contribution >= 0.6 is 0 Å². The molecular weight excluding hydrogens is 223 g/mol. The summed E-state index contributed by atoms with van der Waals surface area (Å²) in [5.41, 5.74) is 1.14. The molecule has 2 aromatic heterocycles. The van der Waals surface area contributed by atoms with Gasteiger partial charge in [-0.25, -0.2) is 4.98 Å². The Bertz CT molecular complexity index is 564. The molecule has 0 aliphatic rings. The third-order valence-corrected chi connectivity index (χ3v) is 2.27. The van der Waals surface area contributed by atoms with Gasteiger partial charge in [-0.05, 0) is 19.1 Å². The summed E-state index contributed by atoms with van der Waals surface area (Å²) in [5.74, 6) is -1.32. The van der Waals surface area contributed by atoms with Gasteiger partial charge in [0, 0.05) is 19.4 Å². The van der Waals surface area contributed by atoms with Gasteiger partial charge < -0.3 is 5.32 Å². The number of aromatic nitrogens is 3. The third kappa shape index (κ3) is 2.30. The van der Waals surface area contributed by atoms with Crippen LogP contribution in [0.4, 0.5) is 10.1 Å². The molecule has 0 saturated carbocycles. The average Bonchev–Trinajstić information content (AvgIpc) is 2.58. The fraction of sp³-hybridized carbons (Fsp3) is 0.182. The van der Waals surface area contributed by atoms with E-state index < -0.39 is 11.9 Å². The zero-order chi connectivity index (χ0) is 12.4. The number of nitrogens with zero attached hydrogens (tertiary/aromatic N) is 3. The molecule has 2 aromatic rings. The van der Waals surface area contributed by atoms with Gasteiger partial charge in [-0.2, -0.15) is 9.49 Å². The van der Waals surface area contributed by atoms with Gasteiger partial charge in [0.1, 0.15) is 0 Å². The minimum atomic E-state index is -0.786. The van der Waals surface area contributed by atoms with Crippen LogP contribution in [0.25, 0.3) is 0 Å². The number of carbonyl (C=O) groups excluding carboxylic acids is 1. The molecule has 5 nitrogen and oxygen atoms in total. The van der Waals surface area contributed by atoms with E-state index in [1.807, 2.05) is 0 Å². The van der Waals surface area contributed by atoms with E-state index in [2.05, 4.69) is 15.4 Å². The Morgan fingerprint density at radius 3 is 2.88 bits per heavy atom. The van der Waals surface area contributed by atoms with Crippen molar-refractivity contribution in [1.82, 2.24) is 14.8 Å². The molecule has 2 heterocycles. The monoisotopic (exact) mass is 234 g/mol. The molecule has 0 radical (unpaired) electrons. The van der Waals surface area contributed by atoms with Gasteiger partial charge in [0.05, 0.1) is 16.9 Å². The predicted molar refractivity (Wildman–Crippen MR) is 60.1 cm³/mol. The van der Waals surface area contributed by atoms with Crippen LogP contribution in [0.2, 0.25) is 0 Å². The van der Waals surface area contributed by atoms with Crippen LogP contribution in [0.3, 0.4) is 0 Å². The maximum Gasteiger partial charge on any atom is 0.260 e. The highest BCUT2D eigenvalue weighted by molar-refractivity contribution is 6.04. The Kier molecular flexibility index (Phi) is 2.86. The molecule has 0 bridgehead atoms. The number of hydrogen-bond donors (Lipinski definition) is 1. The molecule has 0 aliphatic heterocycles. The fourth-order valence-corrected chi connectivity index (χ4v) is 1.47. The number of rotatable bonds is 2. The lowest BCUT2D eigenvalue weighted by Crippen LogP contribution is -2.14. The second-order valence-electron chi connectivity index (χ2n) is 3.60. The van der Waals surface area contributed by atoms with E-state index in [4.69, 9.17) is 0 Å². The van der Waals surface area contributed by atoms with Gasteiger partial charge in [0.2, 0.25) is 5.95 Å². The van der Waals surface area contributed by atoms with Crippen molar-refractivity contribution in [3.05, 3.63) is 41.7 Å². The van der Waals surface area contributed by atoms with E-state index in [9.17, 15) is 9.18 Å². The van der Waals surface area contributed by atoms with E-state index in [1.165, 1.54) is 18.3 Å². The van der Waals surface area contributed by atoms with Crippen molar-refractivity contribution in [1.29, 1.82) is 0 Å². The molecule has 0 saturated heterocycles. The van der Waals surface area contributed by atoms with Crippen LogP contribution in [0.15, 0.2) is 24.5 Å². The molecule has 0 atom stereocenters. The zero-order valence-electron chi connectivity index (χ0n) is 9.44. The van der Waals surface area contributed by atoms with Crippen molar-refractivity contribution in [3.8, 4) is 0 Å². The first kappa shape index (κ1) is 11.3.